The van der Waals surface area contributed by atoms with Gasteiger partial charge in [-0.15, -0.1) is 0 Å². The molecule has 3 rings (SSSR count). The summed E-state index contributed by atoms with van der Waals surface area (Å²) in [6.45, 7) is 1.91. The third-order valence-corrected chi connectivity index (χ3v) is 3.73. The summed E-state index contributed by atoms with van der Waals surface area (Å²) >= 11 is 0. The van der Waals surface area contributed by atoms with E-state index in [2.05, 4.69) is 4.98 Å². The molecule has 0 unspecified atom stereocenters. The molecule has 6 nitrogen and oxygen atoms in total. The molecule has 0 spiro atoms. The van der Waals surface area contributed by atoms with Crippen molar-refractivity contribution in [1.82, 2.24) is 9.88 Å². The van der Waals surface area contributed by atoms with Crippen LogP contribution < -0.4 is 0 Å². The fraction of sp³-hybridized carbons (Fsp3) is 0.267. The number of carbonyl (C=O) groups excluding carboxylic acids is 1. The third-order valence-electron chi connectivity index (χ3n) is 3.73. The minimum absolute atomic E-state index is 0.0978. The molecule has 0 saturated carbocycles. The molecule has 6 heteroatoms. The van der Waals surface area contributed by atoms with E-state index in [-0.39, 0.29) is 12.3 Å². The number of aryl methyl sites for hydroxylation is 1. The van der Waals surface area contributed by atoms with E-state index >= 15 is 0 Å². The third kappa shape index (κ3) is 2.29. The number of benzene rings is 1. The van der Waals surface area contributed by atoms with Gasteiger partial charge in [-0.25, -0.2) is 9.78 Å². The van der Waals surface area contributed by atoms with Crippen molar-refractivity contribution in [3.8, 4) is 0 Å². The standard InChI is InChI=1S/C15H14N2O4/c1-9-13(21-8-16-9)14(18)17-7-11-5-3-2-4-10(11)6-12(17)15(19)20/h2-5,8,12H,6-7H2,1H3,(H,19,20)/t12-/m0/s1. The van der Waals surface area contributed by atoms with Crippen molar-refractivity contribution in [3.63, 3.8) is 0 Å². The van der Waals surface area contributed by atoms with E-state index in [0.717, 1.165) is 11.1 Å². The van der Waals surface area contributed by atoms with Crippen LogP contribution in [0.25, 0.3) is 0 Å². The summed E-state index contributed by atoms with van der Waals surface area (Å²) in [6.07, 6.45) is 1.49. The van der Waals surface area contributed by atoms with Crippen molar-refractivity contribution in [3.05, 3.63) is 53.2 Å². The van der Waals surface area contributed by atoms with Crippen LogP contribution in [0.1, 0.15) is 27.4 Å². The summed E-state index contributed by atoms with van der Waals surface area (Å²) in [5.41, 5.74) is 2.38. The molecule has 1 aromatic heterocycles. The molecular weight excluding hydrogens is 272 g/mol. The fourth-order valence-corrected chi connectivity index (χ4v) is 2.59. The normalized spacial score (nSPS) is 17.4. The molecule has 0 saturated heterocycles. The topological polar surface area (TPSA) is 83.6 Å². The number of aromatic nitrogens is 1. The summed E-state index contributed by atoms with van der Waals surface area (Å²) in [4.78, 5) is 29.2. The maximum Gasteiger partial charge on any atom is 0.326 e. The molecule has 1 amide bonds. The molecule has 1 aromatic carbocycles. The number of carboxylic acid groups (broad SMARTS) is 1. The highest BCUT2D eigenvalue weighted by Crippen LogP contribution is 2.25. The number of amides is 1. The first-order chi connectivity index (χ1) is 10.1. The number of fused-ring (bicyclic) bond motifs is 1. The molecule has 0 aliphatic carbocycles. The Labute approximate surface area is 121 Å². The summed E-state index contributed by atoms with van der Waals surface area (Å²) in [6, 6.07) is 6.66. The van der Waals surface area contributed by atoms with E-state index < -0.39 is 17.9 Å². The smallest absolute Gasteiger partial charge is 0.326 e. The van der Waals surface area contributed by atoms with Crippen LogP contribution in [-0.2, 0) is 17.8 Å². The Bertz CT molecular complexity index is 707. The Balaban J connectivity index is 1.98. The van der Waals surface area contributed by atoms with E-state index in [4.69, 9.17) is 4.42 Å². The summed E-state index contributed by atoms with van der Waals surface area (Å²) in [5, 5.41) is 9.41. The van der Waals surface area contributed by atoms with Gasteiger partial charge in [0.2, 0.25) is 5.76 Å². The molecule has 108 valence electrons. The van der Waals surface area contributed by atoms with Crippen LogP contribution in [0.2, 0.25) is 0 Å². The van der Waals surface area contributed by atoms with Crippen molar-refractivity contribution in [1.29, 1.82) is 0 Å². The van der Waals surface area contributed by atoms with Gasteiger partial charge in [-0.2, -0.15) is 0 Å². The van der Waals surface area contributed by atoms with E-state index in [1.165, 1.54) is 11.3 Å². The number of rotatable bonds is 2. The molecule has 1 atom stereocenters. The van der Waals surface area contributed by atoms with Crippen LogP contribution in [0.5, 0.6) is 0 Å². The zero-order chi connectivity index (χ0) is 15.0. The van der Waals surface area contributed by atoms with Gasteiger partial charge in [0.05, 0.1) is 5.69 Å². The first kappa shape index (κ1) is 13.4. The summed E-state index contributed by atoms with van der Waals surface area (Å²) < 4.78 is 5.10. The predicted molar refractivity (Wildman–Crippen MR) is 72.7 cm³/mol. The van der Waals surface area contributed by atoms with Gasteiger partial charge in [0.1, 0.15) is 6.04 Å². The molecule has 1 aliphatic rings. The Morgan fingerprint density at radius 1 is 1.33 bits per heavy atom. The molecule has 1 aliphatic heterocycles. The van der Waals surface area contributed by atoms with Gasteiger partial charge >= 0.3 is 5.97 Å². The van der Waals surface area contributed by atoms with Gasteiger partial charge in [0.15, 0.2) is 6.39 Å². The second-order valence-corrected chi connectivity index (χ2v) is 5.03. The number of nitrogens with zero attached hydrogens (tertiary/aromatic N) is 2. The second-order valence-electron chi connectivity index (χ2n) is 5.03. The van der Waals surface area contributed by atoms with E-state index in [1.807, 2.05) is 24.3 Å². The van der Waals surface area contributed by atoms with E-state index in [0.29, 0.717) is 12.1 Å². The SMILES string of the molecule is Cc1ncoc1C(=O)N1Cc2ccccc2C[C@H]1C(=O)O. The number of carbonyl (C=O) groups is 2. The summed E-state index contributed by atoms with van der Waals surface area (Å²) in [7, 11) is 0. The second kappa shape index (κ2) is 5.05. The van der Waals surface area contributed by atoms with Crippen LogP contribution >= 0.6 is 0 Å². The van der Waals surface area contributed by atoms with Gasteiger partial charge < -0.3 is 14.4 Å². The van der Waals surface area contributed by atoms with Crippen molar-refractivity contribution in [2.24, 2.45) is 0 Å². The molecule has 0 bridgehead atoms. The van der Waals surface area contributed by atoms with Crippen molar-refractivity contribution in [2.45, 2.75) is 25.9 Å². The predicted octanol–water partition coefficient (Wildman–Crippen LogP) is 1.63. The molecule has 21 heavy (non-hydrogen) atoms. The lowest BCUT2D eigenvalue weighted by atomic mass is 9.93. The minimum atomic E-state index is -1.02. The Kier molecular flexibility index (Phi) is 3.21. The molecule has 1 N–H and O–H groups in total. The van der Waals surface area contributed by atoms with Crippen LogP contribution in [0.3, 0.4) is 0 Å². The Morgan fingerprint density at radius 2 is 2.05 bits per heavy atom. The highest BCUT2D eigenvalue weighted by Gasteiger charge is 2.36. The molecule has 2 heterocycles. The zero-order valence-electron chi connectivity index (χ0n) is 11.4. The Morgan fingerprint density at radius 3 is 2.67 bits per heavy atom. The fourth-order valence-electron chi connectivity index (χ4n) is 2.59. The average molecular weight is 286 g/mol. The van der Waals surface area contributed by atoms with Crippen molar-refractivity contribution >= 4 is 11.9 Å². The molecular formula is C15H14N2O4. The molecule has 2 aromatic rings. The van der Waals surface area contributed by atoms with Gasteiger partial charge in [-0.1, -0.05) is 24.3 Å². The van der Waals surface area contributed by atoms with Gasteiger partial charge in [-0.05, 0) is 18.1 Å². The lowest BCUT2D eigenvalue weighted by molar-refractivity contribution is -0.142. The number of hydrogen-bond donors (Lipinski definition) is 1. The van der Waals surface area contributed by atoms with Gasteiger partial charge in [-0.3, -0.25) is 4.79 Å². The first-order valence-corrected chi connectivity index (χ1v) is 6.58. The quantitative estimate of drug-likeness (QED) is 0.907. The van der Waals surface area contributed by atoms with Gasteiger partial charge in [0.25, 0.3) is 5.91 Å². The maximum atomic E-state index is 12.5. The number of carboxylic acids is 1. The Hall–Kier alpha value is -2.63. The van der Waals surface area contributed by atoms with Crippen LogP contribution in [0, 0.1) is 6.92 Å². The molecule has 0 fully saturated rings. The lowest BCUT2D eigenvalue weighted by Gasteiger charge is -2.33. The number of hydrogen-bond acceptors (Lipinski definition) is 4. The highest BCUT2D eigenvalue weighted by atomic mass is 16.4. The lowest BCUT2D eigenvalue weighted by Crippen LogP contribution is -2.48. The van der Waals surface area contributed by atoms with Crippen LogP contribution in [0.4, 0.5) is 0 Å². The maximum absolute atomic E-state index is 12.5. The van der Waals surface area contributed by atoms with Gasteiger partial charge in [0, 0.05) is 13.0 Å². The first-order valence-electron chi connectivity index (χ1n) is 6.58. The summed E-state index contributed by atoms with van der Waals surface area (Å²) in [5.74, 6) is -1.36. The van der Waals surface area contributed by atoms with Crippen LogP contribution in [0.15, 0.2) is 35.1 Å². The zero-order valence-corrected chi connectivity index (χ0v) is 11.4. The monoisotopic (exact) mass is 286 g/mol. The van der Waals surface area contributed by atoms with E-state index in [1.54, 1.807) is 6.92 Å². The molecule has 0 radical (unpaired) electrons. The minimum Gasteiger partial charge on any atom is -0.480 e. The van der Waals surface area contributed by atoms with Crippen LogP contribution in [-0.4, -0.2) is 32.9 Å². The van der Waals surface area contributed by atoms with Crippen molar-refractivity contribution in [2.75, 3.05) is 0 Å². The number of aliphatic carboxylic acids is 1. The largest absolute Gasteiger partial charge is 0.480 e. The highest BCUT2D eigenvalue weighted by molar-refractivity contribution is 5.95. The van der Waals surface area contributed by atoms with Crippen molar-refractivity contribution < 1.29 is 19.1 Å². The number of oxazole rings is 1. The van der Waals surface area contributed by atoms with E-state index in [9.17, 15) is 14.7 Å². The average Bonchev–Trinajstić information content (AvgIpc) is 2.91.